The minimum Gasteiger partial charge on any atom is -0.379 e. The average Bonchev–Trinajstić information content (AvgIpc) is 3.26. The van der Waals surface area contributed by atoms with E-state index in [0.717, 1.165) is 43.2 Å². The van der Waals surface area contributed by atoms with Gasteiger partial charge in [0.2, 0.25) is 0 Å². The van der Waals surface area contributed by atoms with Crippen molar-refractivity contribution in [2.24, 2.45) is 4.99 Å². The number of rotatable bonds is 13. The number of aromatic nitrogens is 2. The molecule has 0 aliphatic rings. The summed E-state index contributed by atoms with van der Waals surface area (Å²) in [5.41, 5.74) is 2.19. The predicted molar refractivity (Wildman–Crippen MR) is 113 cm³/mol. The second-order valence-electron chi connectivity index (χ2n) is 6.32. The Kier molecular flexibility index (Phi) is 10.8. The second kappa shape index (κ2) is 13.7. The topological polar surface area (TPSA) is 72.7 Å². The van der Waals surface area contributed by atoms with E-state index >= 15 is 0 Å². The zero-order chi connectivity index (χ0) is 19.9. The Balaban J connectivity index is 1.68. The van der Waals surface area contributed by atoms with Crippen molar-refractivity contribution in [3.8, 4) is 5.69 Å². The molecular formula is C21H33N5O2. The minimum absolute atomic E-state index is 0.612. The molecule has 0 spiro atoms. The number of nitrogens with zero attached hydrogens (tertiary/aromatic N) is 3. The molecule has 0 bridgehead atoms. The van der Waals surface area contributed by atoms with E-state index in [0.29, 0.717) is 32.9 Å². The Hall–Kier alpha value is -2.38. The predicted octanol–water partition coefficient (Wildman–Crippen LogP) is 2.76. The van der Waals surface area contributed by atoms with Crippen molar-refractivity contribution < 1.29 is 9.47 Å². The summed E-state index contributed by atoms with van der Waals surface area (Å²) in [6, 6.07) is 10.2. The lowest BCUT2D eigenvalue weighted by atomic mass is 10.2. The van der Waals surface area contributed by atoms with Crippen molar-refractivity contribution in [1.29, 1.82) is 0 Å². The Labute approximate surface area is 168 Å². The van der Waals surface area contributed by atoms with Crippen LogP contribution in [0.3, 0.4) is 0 Å². The lowest BCUT2D eigenvalue weighted by Crippen LogP contribution is -2.39. The first-order chi connectivity index (χ1) is 13.8. The molecule has 1 heterocycles. The van der Waals surface area contributed by atoms with Gasteiger partial charge in [-0.2, -0.15) is 5.10 Å². The Bertz CT molecular complexity index is 656. The number of hydrogen-bond acceptors (Lipinski definition) is 4. The third-order valence-corrected chi connectivity index (χ3v) is 4.02. The summed E-state index contributed by atoms with van der Waals surface area (Å²) in [7, 11) is 0. The zero-order valence-electron chi connectivity index (χ0n) is 17.1. The van der Waals surface area contributed by atoms with Gasteiger partial charge in [-0.25, -0.2) is 9.67 Å². The highest BCUT2D eigenvalue weighted by molar-refractivity contribution is 5.79. The summed E-state index contributed by atoms with van der Waals surface area (Å²) in [6.45, 7) is 9.07. The van der Waals surface area contributed by atoms with Crippen LogP contribution in [0, 0.1) is 0 Å². The van der Waals surface area contributed by atoms with E-state index in [2.05, 4.69) is 58.8 Å². The quantitative estimate of drug-likeness (QED) is 0.314. The lowest BCUT2D eigenvalue weighted by Gasteiger charge is -2.12. The standard InChI is InChI=1S/C21H33N5O2/c1-3-5-14-27-16-17-28-15-12-23-21(22-4-2)24-18-19-7-9-20(10-8-19)26-13-6-11-25-26/h6-11,13H,3-5,12,14-18H2,1-2H3,(H2,22,23,24). The number of ether oxygens (including phenoxy) is 2. The van der Waals surface area contributed by atoms with E-state index in [9.17, 15) is 0 Å². The van der Waals surface area contributed by atoms with E-state index in [1.54, 1.807) is 6.20 Å². The molecule has 154 valence electrons. The first-order valence-corrected chi connectivity index (χ1v) is 10.1. The molecule has 2 N–H and O–H groups in total. The lowest BCUT2D eigenvalue weighted by molar-refractivity contribution is 0.0487. The number of unbranched alkanes of at least 4 members (excludes halogenated alkanes) is 1. The molecule has 2 rings (SSSR count). The minimum atomic E-state index is 0.612. The van der Waals surface area contributed by atoms with E-state index < -0.39 is 0 Å². The Morgan fingerprint density at radius 3 is 2.50 bits per heavy atom. The van der Waals surface area contributed by atoms with Crippen LogP contribution in [0.2, 0.25) is 0 Å². The third-order valence-electron chi connectivity index (χ3n) is 4.02. The SMILES string of the molecule is CCCCOCCOCCNC(=NCc1ccc(-n2cccn2)cc1)NCC. The number of guanidine groups is 1. The molecule has 0 saturated carbocycles. The first kappa shape index (κ1) is 21.9. The highest BCUT2D eigenvalue weighted by Crippen LogP contribution is 2.09. The summed E-state index contributed by atoms with van der Waals surface area (Å²) in [5, 5.41) is 10.8. The van der Waals surface area contributed by atoms with Crippen LogP contribution >= 0.6 is 0 Å². The maximum absolute atomic E-state index is 5.58. The van der Waals surface area contributed by atoms with Gasteiger partial charge in [-0.15, -0.1) is 0 Å². The van der Waals surface area contributed by atoms with Crippen LogP contribution in [-0.2, 0) is 16.0 Å². The first-order valence-electron chi connectivity index (χ1n) is 10.1. The van der Waals surface area contributed by atoms with Gasteiger partial charge in [0.05, 0.1) is 32.1 Å². The summed E-state index contributed by atoms with van der Waals surface area (Å²) >= 11 is 0. The van der Waals surface area contributed by atoms with Gasteiger partial charge in [0.1, 0.15) is 0 Å². The molecule has 0 atom stereocenters. The smallest absolute Gasteiger partial charge is 0.191 e. The van der Waals surface area contributed by atoms with Crippen LogP contribution in [0.25, 0.3) is 5.69 Å². The molecule has 1 aromatic carbocycles. The molecule has 0 saturated heterocycles. The largest absolute Gasteiger partial charge is 0.379 e. The molecule has 28 heavy (non-hydrogen) atoms. The van der Waals surface area contributed by atoms with E-state index in [4.69, 9.17) is 9.47 Å². The Morgan fingerprint density at radius 1 is 1.04 bits per heavy atom. The summed E-state index contributed by atoms with van der Waals surface area (Å²) in [4.78, 5) is 4.64. The van der Waals surface area contributed by atoms with Crippen LogP contribution in [-0.4, -0.2) is 55.3 Å². The number of benzene rings is 1. The van der Waals surface area contributed by atoms with Crippen LogP contribution in [0.1, 0.15) is 32.3 Å². The molecule has 0 aliphatic heterocycles. The van der Waals surface area contributed by atoms with Crippen molar-refractivity contribution in [3.05, 3.63) is 48.3 Å². The van der Waals surface area contributed by atoms with Gasteiger partial charge in [0.15, 0.2) is 5.96 Å². The molecule has 2 aromatic rings. The molecule has 7 nitrogen and oxygen atoms in total. The normalized spacial score (nSPS) is 11.6. The fourth-order valence-electron chi connectivity index (χ4n) is 2.50. The zero-order valence-corrected chi connectivity index (χ0v) is 17.1. The third kappa shape index (κ3) is 8.54. The molecule has 1 aromatic heterocycles. The average molecular weight is 388 g/mol. The summed E-state index contributed by atoms with van der Waals surface area (Å²) < 4.78 is 12.9. The highest BCUT2D eigenvalue weighted by atomic mass is 16.5. The summed E-state index contributed by atoms with van der Waals surface area (Å²) in [6.07, 6.45) is 5.97. The van der Waals surface area contributed by atoms with Crippen LogP contribution < -0.4 is 10.6 Å². The van der Waals surface area contributed by atoms with Crippen molar-refractivity contribution in [2.45, 2.75) is 33.2 Å². The van der Waals surface area contributed by atoms with Gasteiger partial charge in [0.25, 0.3) is 0 Å². The molecule has 0 aliphatic carbocycles. The maximum Gasteiger partial charge on any atom is 0.191 e. The number of aliphatic imine (C=N–C) groups is 1. The van der Waals surface area contributed by atoms with Gasteiger partial charge in [-0.05, 0) is 37.1 Å². The van der Waals surface area contributed by atoms with E-state index in [-0.39, 0.29) is 0 Å². The molecule has 0 fully saturated rings. The fraction of sp³-hybridized carbons (Fsp3) is 0.524. The van der Waals surface area contributed by atoms with Gasteiger partial charge in [0, 0.05) is 32.1 Å². The number of nitrogens with one attached hydrogen (secondary N) is 2. The van der Waals surface area contributed by atoms with Gasteiger partial charge < -0.3 is 20.1 Å². The van der Waals surface area contributed by atoms with Gasteiger partial charge in [-0.3, -0.25) is 0 Å². The number of hydrogen-bond donors (Lipinski definition) is 2. The second-order valence-corrected chi connectivity index (χ2v) is 6.32. The molecule has 0 radical (unpaired) electrons. The Morgan fingerprint density at radius 2 is 1.82 bits per heavy atom. The van der Waals surface area contributed by atoms with E-state index in [1.165, 1.54) is 0 Å². The van der Waals surface area contributed by atoms with Crippen molar-refractivity contribution in [3.63, 3.8) is 0 Å². The summed E-state index contributed by atoms with van der Waals surface area (Å²) in [5.74, 6) is 0.793. The highest BCUT2D eigenvalue weighted by Gasteiger charge is 2.00. The molecule has 0 amide bonds. The van der Waals surface area contributed by atoms with Crippen LogP contribution in [0.4, 0.5) is 0 Å². The maximum atomic E-state index is 5.58. The van der Waals surface area contributed by atoms with Crippen molar-refractivity contribution in [2.75, 3.05) is 39.5 Å². The molecular weight excluding hydrogens is 354 g/mol. The monoisotopic (exact) mass is 387 g/mol. The van der Waals surface area contributed by atoms with Crippen molar-refractivity contribution >= 4 is 5.96 Å². The molecule has 0 unspecified atom stereocenters. The fourth-order valence-corrected chi connectivity index (χ4v) is 2.50. The van der Waals surface area contributed by atoms with Gasteiger partial charge in [-0.1, -0.05) is 25.5 Å². The van der Waals surface area contributed by atoms with Crippen LogP contribution in [0.15, 0.2) is 47.7 Å². The van der Waals surface area contributed by atoms with Gasteiger partial charge >= 0.3 is 0 Å². The molecule has 7 heteroatoms. The van der Waals surface area contributed by atoms with Crippen molar-refractivity contribution in [1.82, 2.24) is 20.4 Å². The van der Waals surface area contributed by atoms with Crippen LogP contribution in [0.5, 0.6) is 0 Å². The van der Waals surface area contributed by atoms with E-state index in [1.807, 2.05) is 16.9 Å².